The summed E-state index contributed by atoms with van der Waals surface area (Å²) in [5.74, 6) is 0.124. The lowest BCUT2D eigenvalue weighted by Crippen LogP contribution is -2.27. The highest BCUT2D eigenvalue weighted by Crippen LogP contribution is 2.27. The van der Waals surface area contributed by atoms with Crippen LogP contribution in [0.3, 0.4) is 0 Å². The van der Waals surface area contributed by atoms with Crippen molar-refractivity contribution < 1.29 is 4.39 Å². The highest BCUT2D eigenvalue weighted by Gasteiger charge is 2.22. The van der Waals surface area contributed by atoms with Crippen LogP contribution in [0, 0.1) is 5.82 Å². The Kier molecular flexibility index (Phi) is 4.99. The monoisotopic (exact) mass is 469 g/mol. The maximum atomic E-state index is 14.1. The standard InChI is InChI=1S/C21H14Cl2FN7O/c1-10(29-19-17-18(26-8-25-17)27-9-28-19)20-30-14-6-5-13(24)16(23)15(14)21(32)31(20)12-4-2-3-11(22)7-12/h2-10H,1H3,(H2,25,26,27,28,29)/t10-/m1/s1. The van der Waals surface area contributed by atoms with Crippen molar-refractivity contribution in [1.82, 2.24) is 29.5 Å². The highest BCUT2D eigenvalue weighted by atomic mass is 35.5. The molecule has 0 bridgehead atoms. The SMILES string of the molecule is C[C@@H](Nc1ncnc2[nH]cnc12)c1nc2ccc(F)c(Cl)c2c(=O)n1-c1cccc(Cl)c1. The van der Waals surface area contributed by atoms with Gasteiger partial charge in [-0.2, -0.15) is 0 Å². The molecule has 160 valence electrons. The highest BCUT2D eigenvalue weighted by molar-refractivity contribution is 6.35. The van der Waals surface area contributed by atoms with Gasteiger partial charge >= 0.3 is 0 Å². The average Bonchev–Trinajstić information content (AvgIpc) is 3.26. The first-order valence-electron chi connectivity index (χ1n) is 9.51. The lowest BCUT2D eigenvalue weighted by molar-refractivity contribution is 0.629. The number of nitrogens with one attached hydrogen (secondary N) is 2. The summed E-state index contributed by atoms with van der Waals surface area (Å²) >= 11 is 12.3. The third kappa shape index (κ3) is 3.35. The summed E-state index contributed by atoms with van der Waals surface area (Å²) in [4.78, 5) is 33.7. The van der Waals surface area contributed by atoms with Gasteiger partial charge in [-0.15, -0.1) is 0 Å². The Morgan fingerprint density at radius 3 is 2.81 bits per heavy atom. The lowest BCUT2D eigenvalue weighted by Gasteiger charge is -2.20. The minimum absolute atomic E-state index is 0.0145. The maximum Gasteiger partial charge on any atom is 0.267 e. The largest absolute Gasteiger partial charge is 0.358 e. The van der Waals surface area contributed by atoms with Gasteiger partial charge in [0.05, 0.1) is 34.0 Å². The Labute approximate surface area is 190 Å². The minimum atomic E-state index is -0.698. The summed E-state index contributed by atoms with van der Waals surface area (Å²) in [5, 5.41) is 3.37. The molecule has 2 aromatic carbocycles. The number of fused-ring (bicyclic) bond motifs is 2. The van der Waals surface area contributed by atoms with Crippen LogP contribution in [0.15, 0.2) is 53.8 Å². The second-order valence-electron chi connectivity index (χ2n) is 7.03. The van der Waals surface area contributed by atoms with Gasteiger partial charge in [0.1, 0.15) is 23.5 Å². The smallest absolute Gasteiger partial charge is 0.267 e. The molecule has 0 aliphatic heterocycles. The van der Waals surface area contributed by atoms with E-state index in [0.29, 0.717) is 33.5 Å². The summed E-state index contributed by atoms with van der Waals surface area (Å²) in [7, 11) is 0. The molecule has 0 radical (unpaired) electrons. The molecule has 0 spiro atoms. The first-order valence-corrected chi connectivity index (χ1v) is 10.3. The topological polar surface area (TPSA) is 101 Å². The molecule has 0 saturated carbocycles. The van der Waals surface area contributed by atoms with Crippen LogP contribution in [0.5, 0.6) is 0 Å². The number of halogens is 3. The van der Waals surface area contributed by atoms with E-state index in [-0.39, 0.29) is 15.9 Å². The predicted molar refractivity (Wildman–Crippen MR) is 121 cm³/mol. The van der Waals surface area contributed by atoms with E-state index in [4.69, 9.17) is 23.2 Å². The molecular weight excluding hydrogens is 456 g/mol. The fourth-order valence-corrected chi connectivity index (χ4v) is 3.95. The number of benzene rings is 2. The van der Waals surface area contributed by atoms with Gasteiger partial charge in [0.15, 0.2) is 11.5 Å². The van der Waals surface area contributed by atoms with Gasteiger partial charge in [-0.1, -0.05) is 29.3 Å². The van der Waals surface area contributed by atoms with Crippen molar-refractivity contribution in [1.29, 1.82) is 0 Å². The van der Waals surface area contributed by atoms with Gasteiger partial charge in [-0.05, 0) is 37.3 Å². The van der Waals surface area contributed by atoms with E-state index in [1.807, 2.05) is 6.92 Å². The van der Waals surface area contributed by atoms with Crippen molar-refractivity contribution in [2.45, 2.75) is 13.0 Å². The Hall–Kier alpha value is -3.56. The van der Waals surface area contributed by atoms with Crippen LogP contribution < -0.4 is 10.9 Å². The predicted octanol–water partition coefficient (Wildman–Crippen LogP) is 4.67. The maximum absolute atomic E-state index is 14.1. The van der Waals surface area contributed by atoms with Crippen molar-refractivity contribution in [2.75, 3.05) is 5.32 Å². The molecule has 0 fully saturated rings. The van der Waals surface area contributed by atoms with E-state index in [1.54, 1.807) is 24.3 Å². The van der Waals surface area contributed by atoms with Crippen molar-refractivity contribution in [3.63, 3.8) is 0 Å². The first-order chi connectivity index (χ1) is 15.4. The second-order valence-corrected chi connectivity index (χ2v) is 7.85. The number of aromatic amines is 1. The van der Waals surface area contributed by atoms with Crippen molar-refractivity contribution in [3.8, 4) is 5.69 Å². The van der Waals surface area contributed by atoms with Crippen molar-refractivity contribution >= 4 is 51.1 Å². The lowest BCUT2D eigenvalue weighted by atomic mass is 10.2. The van der Waals surface area contributed by atoms with Crippen LogP contribution in [0.25, 0.3) is 27.8 Å². The molecule has 3 aromatic heterocycles. The fraction of sp³-hybridized carbons (Fsp3) is 0.0952. The van der Waals surface area contributed by atoms with Gasteiger partial charge in [-0.3, -0.25) is 9.36 Å². The molecule has 2 N–H and O–H groups in total. The molecule has 32 heavy (non-hydrogen) atoms. The third-order valence-corrected chi connectivity index (χ3v) is 5.58. The zero-order valence-corrected chi connectivity index (χ0v) is 18.0. The molecule has 3 heterocycles. The Morgan fingerprint density at radius 2 is 2.00 bits per heavy atom. The quantitative estimate of drug-likeness (QED) is 0.396. The van der Waals surface area contributed by atoms with Gasteiger partial charge in [-0.25, -0.2) is 24.3 Å². The van der Waals surface area contributed by atoms with E-state index >= 15 is 0 Å². The number of H-pyrrole nitrogens is 1. The van der Waals surface area contributed by atoms with Crippen LogP contribution in [-0.2, 0) is 0 Å². The summed E-state index contributed by atoms with van der Waals surface area (Å²) < 4.78 is 15.5. The minimum Gasteiger partial charge on any atom is -0.358 e. The molecule has 0 unspecified atom stereocenters. The first kappa shape index (κ1) is 20.3. The summed E-state index contributed by atoms with van der Waals surface area (Å²) in [6.45, 7) is 1.82. The molecule has 0 aliphatic rings. The van der Waals surface area contributed by atoms with E-state index in [0.717, 1.165) is 0 Å². The van der Waals surface area contributed by atoms with Crippen LogP contribution in [-0.4, -0.2) is 29.5 Å². The van der Waals surface area contributed by atoms with Crippen LogP contribution in [0.4, 0.5) is 10.2 Å². The fourth-order valence-electron chi connectivity index (χ4n) is 3.52. The van der Waals surface area contributed by atoms with Crippen molar-refractivity contribution in [2.24, 2.45) is 0 Å². The normalized spacial score (nSPS) is 12.4. The summed E-state index contributed by atoms with van der Waals surface area (Å²) in [6, 6.07) is 8.82. The van der Waals surface area contributed by atoms with E-state index < -0.39 is 17.4 Å². The van der Waals surface area contributed by atoms with Crippen LogP contribution >= 0.6 is 23.2 Å². The number of rotatable bonds is 4. The molecule has 0 saturated heterocycles. The molecule has 8 nitrogen and oxygen atoms in total. The second kappa shape index (κ2) is 7.85. The van der Waals surface area contributed by atoms with E-state index in [9.17, 15) is 9.18 Å². The number of imidazole rings is 1. The molecule has 11 heteroatoms. The summed E-state index contributed by atoms with van der Waals surface area (Å²) in [6.07, 6.45) is 2.91. The van der Waals surface area contributed by atoms with E-state index in [2.05, 4.69) is 30.2 Å². The van der Waals surface area contributed by atoms with Gasteiger partial charge in [0, 0.05) is 5.02 Å². The zero-order valence-electron chi connectivity index (χ0n) is 16.5. The zero-order chi connectivity index (χ0) is 22.4. The molecule has 5 aromatic rings. The average molecular weight is 470 g/mol. The number of hydrogen-bond acceptors (Lipinski definition) is 6. The van der Waals surface area contributed by atoms with Crippen molar-refractivity contribution in [3.05, 3.63) is 81.1 Å². The number of hydrogen-bond donors (Lipinski definition) is 2. The molecule has 1 atom stereocenters. The Morgan fingerprint density at radius 1 is 1.16 bits per heavy atom. The number of nitrogens with zero attached hydrogens (tertiary/aromatic N) is 5. The Balaban J connectivity index is 1.74. The van der Waals surface area contributed by atoms with Gasteiger partial charge in [0.2, 0.25) is 0 Å². The van der Waals surface area contributed by atoms with Crippen LogP contribution in [0.2, 0.25) is 10.0 Å². The number of anilines is 1. The van der Waals surface area contributed by atoms with E-state index in [1.165, 1.54) is 29.4 Å². The molecular formula is C21H14Cl2FN7O. The number of aromatic nitrogens is 6. The third-order valence-electron chi connectivity index (χ3n) is 4.98. The summed E-state index contributed by atoms with van der Waals surface area (Å²) in [5.41, 5.74) is 1.33. The van der Waals surface area contributed by atoms with Gasteiger partial charge < -0.3 is 10.3 Å². The molecule has 0 aliphatic carbocycles. The van der Waals surface area contributed by atoms with Gasteiger partial charge in [0.25, 0.3) is 5.56 Å². The molecule has 0 amide bonds. The van der Waals surface area contributed by atoms with Crippen LogP contribution in [0.1, 0.15) is 18.8 Å². The Bertz CT molecular complexity index is 1550. The molecule has 5 rings (SSSR count).